The predicted octanol–water partition coefficient (Wildman–Crippen LogP) is 2.80. The summed E-state index contributed by atoms with van der Waals surface area (Å²) in [5.74, 6) is 1.11. The Morgan fingerprint density at radius 3 is 2.35 bits per heavy atom. The van der Waals surface area contributed by atoms with Crippen LogP contribution in [0.1, 0.15) is 21.5 Å². The number of ether oxygens (including phenoxy) is 2. The van der Waals surface area contributed by atoms with E-state index >= 15 is 0 Å². The maximum Gasteiger partial charge on any atom is 0.254 e. The maximum atomic E-state index is 13.0. The van der Waals surface area contributed by atoms with Crippen molar-refractivity contribution < 1.29 is 18.7 Å². The molecular formula is C18H16FNO3. The number of carbonyl (C=O) groups excluding carboxylic acids is 1. The fourth-order valence-corrected chi connectivity index (χ4v) is 3.04. The van der Waals surface area contributed by atoms with E-state index in [1.165, 1.54) is 29.8 Å². The number of benzene rings is 2. The topological polar surface area (TPSA) is 38.8 Å². The molecule has 0 radical (unpaired) electrons. The van der Waals surface area contributed by atoms with Gasteiger partial charge in [-0.05, 0) is 53.9 Å². The standard InChI is InChI=1S/C18H16FNO3/c19-15-3-1-12(2-4-15)18(21)20-6-5-13-9-16-17(10-14(13)11-20)23-8-7-22-16/h1-4,9-10H,5-8,11H2. The molecule has 0 N–H and O–H groups in total. The van der Waals surface area contributed by atoms with Gasteiger partial charge in [-0.2, -0.15) is 0 Å². The number of carbonyl (C=O) groups is 1. The molecule has 0 unspecified atom stereocenters. The first-order valence-corrected chi connectivity index (χ1v) is 7.67. The highest BCUT2D eigenvalue weighted by atomic mass is 19.1. The number of hydrogen-bond acceptors (Lipinski definition) is 3. The fraction of sp³-hybridized carbons (Fsp3) is 0.278. The van der Waals surface area contributed by atoms with Gasteiger partial charge in [-0.15, -0.1) is 0 Å². The lowest BCUT2D eigenvalue weighted by Crippen LogP contribution is -2.36. The van der Waals surface area contributed by atoms with Crippen LogP contribution < -0.4 is 9.47 Å². The molecule has 0 saturated carbocycles. The van der Waals surface area contributed by atoms with Crippen LogP contribution in [0, 0.1) is 5.82 Å². The van der Waals surface area contributed by atoms with Crippen molar-refractivity contribution in [3.63, 3.8) is 0 Å². The zero-order chi connectivity index (χ0) is 15.8. The second-order valence-electron chi connectivity index (χ2n) is 5.75. The lowest BCUT2D eigenvalue weighted by molar-refractivity contribution is 0.0734. The van der Waals surface area contributed by atoms with Crippen LogP contribution in [0.3, 0.4) is 0 Å². The Kier molecular flexibility index (Phi) is 3.41. The van der Waals surface area contributed by atoms with Crippen LogP contribution >= 0.6 is 0 Å². The third-order valence-electron chi connectivity index (χ3n) is 4.26. The molecule has 0 atom stereocenters. The van der Waals surface area contributed by atoms with Gasteiger partial charge in [0.1, 0.15) is 19.0 Å². The summed E-state index contributed by atoms with van der Waals surface area (Å²) in [7, 11) is 0. The summed E-state index contributed by atoms with van der Waals surface area (Å²) in [6, 6.07) is 9.66. The number of hydrogen-bond donors (Lipinski definition) is 0. The average Bonchev–Trinajstić information content (AvgIpc) is 2.59. The molecule has 1 amide bonds. The lowest BCUT2D eigenvalue weighted by Gasteiger charge is -2.30. The van der Waals surface area contributed by atoms with E-state index < -0.39 is 0 Å². The molecule has 2 aromatic rings. The molecule has 0 bridgehead atoms. The molecule has 23 heavy (non-hydrogen) atoms. The van der Waals surface area contributed by atoms with Crippen LogP contribution in [0.2, 0.25) is 0 Å². The van der Waals surface area contributed by atoms with Gasteiger partial charge in [0.15, 0.2) is 11.5 Å². The van der Waals surface area contributed by atoms with Crippen molar-refractivity contribution in [3.8, 4) is 11.5 Å². The smallest absolute Gasteiger partial charge is 0.254 e. The summed E-state index contributed by atoms with van der Waals surface area (Å²) in [4.78, 5) is 14.3. The number of halogens is 1. The SMILES string of the molecule is O=C(c1ccc(F)cc1)N1CCc2cc3c(cc2C1)OCCO3. The van der Waals surface area contributed by atoms with Crippen molar-refractivity contribution in [1.82, 2.24) is 4.90 Å². The van der Waals surface area contributed by atoms with Gasteiger partial charge < -0.3 is 14.4 Å². The Hall–Kier alpha value is -2.56. The van der Waals surface area contributed by atoms with Crippen LogP contribution in [0.4, 0.5) is 4.39 Å². The summed E-state index contributed by atoms with van der Waals surface area (Å²) in [6.07, 6.45) is 0.777. The summed E-state index contributed by atoms with van der Waals surface area (Å²) in [6.45, 7) is 2.29. The second-order valence-corrected chi connectivity index (χ2v) is 5.75. The van der Waals surface area contributed by atoms with Crippen molar-refractivity contribution in [2.45, 2.75) is 13.0 Å². The molecule has 2 aliphatic rings. The average molecular weight is 313 g/mol. The zero-order valence-corrected chi connectivity index (χ0v) is 12.5. The third kappa shape index (κ3) is 2.63. The minimum atomic E-state index is -0.339. The second kappa shape index (κ2) is 5.57. The summed E-state index contributed by atoms with van der Waals surface area (Å²) in [5.41, 5.74) is 2.78. The fourth-order valence-electron chi connectivity index (χ4n) is 3.04. The van der Waals surface area contributed by atoms with Crippen LogP contribution in [0.5, 0.6) is 11.5 Å². The molecule has 0 aromatic heterocycles. The Balaban J connectivity index is 1.58. The maximum absolute atomic E-state index is 13.0. The van der Waals surface area contributed by atoms with Gasteiger partial charge in [0.05, 0.1) is 0 Å². The molecule has 0 aliphatic carbocycles. The summed E-state index contributed by atoms with van der Waals surface area (Å²) in [5, 5.41) is 0. The Morgan fingerprint density at radius 1 is 1.00 bits per heavy atom. The van der Waals surface area contributed by atoms with Crippen molar-refractivity contribution in [1.29, 1.82) is 0 Å². The van der Waals surface area contributed by atoms with E-state index in [9.17, 15) is 9.18 Å². The quantitative estimate of drug-likeness (QED) is 0.812. The molecule has 2 aromatic carbocycles. The van der Waals surface area contributed by atoms with E-state index in [2.05, 4.69) is 0 Å². The van der Waals surface area contributed by atoms with E-state index in [4.69, 9.17) is 9.47 Å². The largest absolute Gasteiger partial charge is 0.486 e. The summed E-state index contributed by atoms with van der Waals surface area (Å²) >= 11 is 0. The number of fused-ring (bicyclic) bond motifs is 2. The normalized spacial score (nSPS) is 16.0. The van der Waals surface area contributed by atoms with Crippen LogP contribution in [-0.2, 0) is 13.0 Å². The highest BCUT2D eigenvalue weighted by molar-refractivity contribution is 5.94. The molecule has 4 rings (SSSR count). The van der Waals surface area contributed by atoms with E-state index in [1.54, 1.807) is 4.90 Å². The first-order valence-electron chi connectivity index (χ1n) is 7.67. The Bertz CT molecular complexity index is 758. The highest BCUT2D eigenvalue weighted by Gasteiger charge is 2.24. The molecule has 0 saturated heterocycles. The molecule has 0 spiro atoms. The molecule has 5 heteroatoms. The minimum Gasteiger partial charge on any atom is -0.486 e. The molecular weight excluding hydrogens is 297 g/mol. The Labute approximate surface area is 133 Å². The van der Waals surface area contributed by atoms with Crippen molar-refractivity contribution in [2.75, 3.05) is 19.8 Å². The van der Waals surface area contributed by atoms with Crippen molar-refractivity contribution >= 4 is 5.91 Å². The highest BCUT2D eigenvalue weighted by Crippen LogP contribution is 2.35. The van der Waals surface area contributed by atoms with Crippen LogP contribution in [0.15, 0.2) is 36.4 Å². The molecule has 2 heterocycles. The van der Waals surface area contributed by atoms with E-state index in [1.807, 2.05) is 12.1 Å². The number of rotatable bonds is 1. The van der Waals surface area contributed by atoms with Gasteiger partial charge in [0.2, 0.25) is 0 Å². The van der Waals surface area contributed by atoms with Gasteiger partial charge in [0.25, 0.3) is 5.91 Å². The summed E-state index contributed by atoms with van der Waals surface area (Å²) < 4.78 is 24.2. The van der Waals surface area contributed by atoms with E-state index in [0.29, 0.717) is 31.9 Å². The molecule has 0 fully saturated rings. The number of nitrogens with zero attached hydrogens (tertiary/aromatic N) is 1. The van der Waals surface area contributed by atoms with Gasteiger partial charge in [0, 0.05) is 18.7 Å². The van der Waals surface area contributed by atoms with Gasteiger partial charge in [-0.1, -0.05) is 0 Å². The van der Waals surface area contributed by atoms with Gasteiger partial charge in [-0.3, -0.25) is 4.79 Å². The first kappa shape index (κ1) is 14.1. The van der Waals surface area contributed by atoms with E-state index in [0.717, 1.165) is 23.5 Å². The minimum absolute atomic E-state index is 0.0782. The molecule has 2 aliphatic heterocycles. The third-order valence-corrected chi connectivity index (χ3v) is 4.26. The Morgan fingerprint density at radius 2 is 1.65 bits per heavy atom. The first-order chi connectivity index (χ1) is 11.2. The molecule has 118 valence electrons. The van der Waals surface area contributed by atoms with Crippen LogP contribution in [0.25, 0.3) is 0 Å². The predicted molar refractivity (Wildman–Crippen MR) is 82.3 cm³/mol. The van der Waals surface area contributed by atoms with Crippen LogP contribution in [-0.4, -0.2) is 30.6 Å². The molecule has 4 nitrogen and oxygen atoms in total. The lowest BCUT2D eigenvalue weighted by atomic mass is 9.98. The van der Waals surface area contributed by atoms with Gasteiger partial charge >= 0.3 is 0 Å². The van der Waals surface area contributed by atoms with Crippen molar-refractivity contribution in [3.05, 3.63) is 58.9 Å². The van der Waals surface area contributed by atoms with Crippen molar-refractivity contribution in [2.24, 2.45) is 0 Å². The number of amides is 1. The van der Waals surface area contributed by atoms with E-state index in [-0.39, 0.29) is 11.7 Å². The monoisotopic (exact) mass is 313 g/mol. The van der Waals surface area contributed by atoms with Gasteiger partial charge in [-0.25, -0.2) is 4.39 Å². The zero-order valence-electron chi connectivity index (χ0n) is 12.5.